The molecule has 1 aliphatic heterocycles. The first-order chi connectivity index (χ1) is 5.49. The third-order valence-electron chi connectivity index (χ3n) is 1.66. The van der Waals surface area contributed by atoms with Crippen molar-refractivity contribution in [2.45, 2.75) is 20.0 Å². The van der Waals surface area contributed by atoms with E-state index in [1.807, 2.05) is 13.8 Å². The van der Waals surface area contributed by atoms with Crippen LogP contribution in [-0.4, -0.2) is 44.2 Å². The van der Waals surface area contributed by atoms with Crippen molar-refractivity contribution in [1.29, 1.82) is 0 Å². The third kappa shape index (κ3) is 3.08. The molecule has 0 spiro atoms. The summed E-state index contributed by atoms with van der Waals surface area (Å²) in [4.78, 5) is 5.35. The fourth-order valence-electron chi connectivity index (χ4n) is 1.10. The minimum absolute atomic E-state index is 0.130. The summed E-state index contributed by atoms with van der Waals surface area (Å²) in [5.74, 6) is 0.444. The lowest BCUT2D eigenvalue weighted by Gasteiger charge is -2.27. The lowest BCUT2D eigenvalue weighted by Crippen LogP contribution is -2.41. The van der Waals surface area contributed by atoms with Crippen LogP contribution in [0.1, 0.15) is 13.8 Å². The second-order valence-electron chi connectivity index (χ2n) is 3.24. The number of hydrogen-bond acceptors (Lipinski definition) is 4. The van der Waals surface area contributed by atoms with Gasteiger partial charge in [0.25, 0.3) is 0 Å². The summed E-state index contributed by atoms with van der Waals surface area (Å²) in [6.45, 7) is 4.87. The molecule has 1 rings (SSSR count). The molecule has 12 heavy (non-hydrogen) atoms. The Bertz CT molecular complexity index is 221. The second kappa shape index (κ2) is 3.72. The summed E-state index contributed by atoms with van der Waals surface area (Å²) < 4.78 is 22.0. The predicted molar refractivity (Wildman–Crippen MR) is 46.4 cm³/mol. The monoisotopic (exact) mass is 193 g/mol. The smallest absolute Gasteiger partial charge is 0.153 e. The molecule has 4 nitrogen and oxygen atoms in total. The van der Waals surface area contributed by atoms with Crippen LogP contribution >= 0.6 is 0 Å². The van der Waals surface area contributed by atoms with E-state index in [0.29, 0.717) is 13.1 Å². The average molecular weight is 193 g/mol. The molecule has 0 aromatic rings. The molecule has 72 valence electrons. The maximum Gasteiger partial charge on any atom is 0.153 e. The van der Waals surface area contributed by atoms with Gasteiger partial charge in [-0.15, -0.1) is 0 Å². The van der Waals surface area contributed by atoms with E-state index in [1.165, 1.54) is 0 Å². The predicted octanol–water partition coefficient (Wildman–Crippen LogP) is 0.0568. The van der Waals surface area contributed by atoms with Crippen molar-refractivity contribution in [3.63, 3.8) is 0 Å². The Labute approximate surface area is 73.4 Å². The van der Waals surface area contributed by atoms with Crippen LogP contribution < -0.4 is 0 Å². The Morgan fingerprint density at radius 3 is 2.17 bits per heavy atom. The molecule has 1 saturated heterocycles. The third-order valence-corrected chi connectivity index (χ3v) is 3.27. The SMILES string of the molecule is CC(C)ON1CCS(=O)(=O)CC1. The van der Waals surface area contributed by atoms with Crippen LogP contribution in [0.3, 0.4) is 0 Å². The lowest BCUT2D eigenvalue weighted by atomic mass is 10.5. The van der Waals surface area contributed by atoms with Crippen molar-refractivity contribution >= 4 is 9.84 Å². The van der Waals surface area contributed by atoms with Crippen molar-refractivity contribution in [3.05, 3.63) is 0 Å². The highest BCUT2D eigenvalue weighted by atomic mass is 32.2. The van der Waals surface area contributed by atoms with E-state index in [-0.39, 0.29) is 17.6 Å². The Balaban J connectivity index is 2.36. The van der Waals surface area contributed by atoms with Gasteiger partial charge in [-0.05, 0) is 13.8 Å². The molecule has 0 aromatic carbocycles. The van der Waals surface area contributed by atoms with E-state index < -0.39 is 9.84 Å². The molecule has 1 fully saturated rings. The first-order valence-corrected chi connectivity index (χ1v) is 5.94. The molecule has 0 aliphatic carbocycles. The van der Waals surface area contributed by atoms with Gasteiger partial charge in [0, 0.05) is 13.1 Å². The van der Waals surface area contributed by atoms with Gasteiger partial charge in [0.1, 0.15) is 0 Å². The van der Waals surface area contributed by atoms with E-state index in [9.17, 15) is 8.42 Å². The lowest BCUT2D eigenvalue weighted by molar-refractivity contribution is -0.182. The van der Waals surface area contributed by atoms with Crippen molar-refractivity contribution in [1.82, 2.24) is 5.06 Å². The summed E-state index contributed by atoms with van der Waals surface area (Å²) >= 11 is 0. The molecule has 0 amide bonds. The first-order valence-electron chi connectivity index (χ1n) is 4.12. The van der Waals surface area contributed by atoms with Crippen molar-refractivity contribution < 1.29 is 13.3 Å². The largest absolute Gasteiger partial charge is 0.296 e. The van der Waals surface area contributed by atoms with Crippen LogP contribution in [-0.2, 0) is 14.7 Å². The zero-order valence-corrected chi connectivity index (χ0v) is 8.30. The normalized spacial score (nSPS) is 24.6. The zero-order valence-electron chi connectivity index (χ0n) is 7.49. The maximum atomic E-state index is 11.0. The van der Waals surface area contributed by atoms with Gasteiger partial charge in [0.15, 0.2) is 9.84 Å². The van der Waals surface area contributed by atoms with Gasteiger partial charge in [-0.2, -0.15) is 5.06 Å². The van der Waals surface area contributed by atoms with Crippen LogP contribution in [0.5, 0.6) is 0 Å². The number of rotatable bonds is 2. The molecule has 0 unspecified atom stereocenters. The molecule has 0 N–H and O–H groups in total. The highest BCUT2D eigenvalue weighted by Crippen LogP contribution is 2.05. The summed E-state index contributed by atoms with van der Waals surface area (Å²) in [6, 6.07) is 0. The molecule has 0 bridgehead atoms. The Hall–Kier alpha value is -0.130. The number of hydrogen-bond donors (Lipinski definition) is 0. The molecule has 5 heteroatoms. The Morgan fingerprint density at radius 2 is 1.75 bits per heavy atom. The van der Waals surface area contributed by atoms with Gasteiger partial charge in [-0.25, -0.2) is 8.42 Å². The van der Waals surface area contributed by atoms with Gasteiger partial charge in [-0.3, -0.25) is 4.84 Å². The number of sulfone groups is 1. The van der Waals surface area contributed by atoms with Gasteiger partial charge in [-0.1, -0.05) is 0 Å². The van der Waals surface area contributed by atoms with Crippen LogP contribution in [0.25, 0.3) is 0 Å². The quantitative estimate of drug-likeness (QED) is 0.622. The van der Waals surface area contributed by atoms with E-state index in [0.717, 1.165) is 0 Å². The van der Waals surface area contributed by atoms with E-state index in [1.54, 1.807) is 5.06 Å². The van der Waals surface area contributed by atoms with Gasteiger partial charge in [0.2, 0.25) is 0 Å². The maximum absolute atomic E-state index is 11.0. The van der Waals surface area contributed by atoms with Crippen molar-refractivity contribution in [2.24, 2.45) is 0 Å². The molecule has 0 radical (unpaired) electrons. The molecule has 0 saturated carbocycles. The standard InChI is InChI=1S/C7H15NO3S/c1-7(2)11-8-3-5-12(9,10)6-4-8/h7H,3-6H2,1-2H3. The van der Waals surface area contributed by atoms with E-state index in [4.69, 9.17) is 4.84 Å². The minimum atomic E-state index is -2.77. The Morgan fingerprint density at radius 1 is 1.25 bits per heavy atom. The minimum Gasteiger partial charge on any atom is -0.296 e. The second-order valence-corrected chi connectivity index (χ2v) is 5.54. The highest BCUT2D eigenvalue weighted by Gasteiger charge is 2.22. The molecule has 0 aromatic heterocycles. The first kappa shape index (κ1) is 9.95. The van der Waals surface area contributed by atoms with Gasteiger partial charge < -0.3 is 0 Å². The van der Waals surface area contributed by atoms with Crippen molar-refractivity contribution in [2.75, 3.05) is 24.6 Å². The topological polar surface area (TPSA) is 46.6 Å². The highest BCUT2D eigenvalue weighted by molar-refractivity contribution is 7.91. The van der Waals surface area contributed by atoms with Crippen LogP contribution in [0, 0.1) is 0 Å². The van der Waals surface area contributed by atoms with Crippen LogP contribution in [0.15, 0.2) is 0 Å². The van der Waals surface area contributed by atoms with Gasteiger partial charge >= 0.3 is 0 Å². The zero-order chi connectivity index (χ0) is 9.19. The molecule has 1 aliphatic rings. The Kier molecular flexibility index (Phi) is 3.09. The average Bonchev–Trinajstić information content (AvgIpc) is 1.93. The molecule has 1 heterocycles. The fourth-order valence-corrected chi connectivity index (χ4v) is 2.27. The molecule has 0 atom stereocenters. The summed E-state index contributed by atoms with van der Waals surface area (Å²) in [6.07, 6.45) is 0.130. The molecular formula is C7H15NO3S. The van der Waals surface area contributed by atoms with Gasteiger partial charge in [0.05, 0.1) is 17.6 Å². The van der Waals surface area contributed by atoms with Crippen LogP contribution in [0.4, 0.5) is 0 Å². The number of hydroxylamine groups is 2. The summed E-state index contributed by atoms with van der Waals surface area (Å²) in [5, 5.41) is 1.73. The summed E-state index contributed by atoms with van der Waals surface area (Å²) in [5.41, 5.74) is 0. The number of nitrogens with zero attached hydrogens (tertiary/aromatic N) is 1. The molecular weight excluding hydrogens is 178 g/mol. The van der Waals surface area contributed by atoms with Crippen molar-refractivity contribution in [3.8, 4) is 0 Å². The van der Waals surface area contributed by atoms with Crippen LogP contribution in [0.2, 0.25) is 0 Å². The van der Waals surface area contributed by atoms with E-state index >= 15 is 0 Å². The fraction of sp³-hybridized carbons (Fsp3) is 1.00. The summed E-state index contributed by atoms with van der Waals surface area (Å²) in [7, 11) is -2.77. The van der Waals surface area contributed by atoms with E-state index in [2.05, 4.69) is 0 Å².